The standard InChI is InChI=1S/C50H98N2O4/c1-6-10-30-47(31-11-7-2)44-49(53)55-42-28-24-20-16-14-18-22-26-34-46(36-37-52-40-38-51(5)39-41-52)35-27-23-19-15-17-21-25-29-43-56-50(54)45-48(32-12-8-3)33-13-9-4/h46-48H,6-45H2,1-5H3. The summed E-state index contributed by atoms with van der Waals surface area (Å²) in [4.78, 5) is 29.9. The molecule has 1 saturated heterocycles. The maximum atomic E-state index is 12.4. The van der Waals surface area contributed by atoms with E-state index in [1.165, 1.54) is 219 Å². The molecule has 56 heavy (non-hydrogen) atoms. The average molecular weight is 791 g/mol. The quantitative estimate of drug-likeness (QED) is 0.0454. The maximum absolute atomic E-state index is 12.4. The molecule has 0 aromatic carbocycles. The molecule has 0 aromatic rings. The number of likely N-dealkylation sites (N-methyl/N-ethyl adjacent to an activating group) is 1. The lowest BCUT2D eigenvalue weighted by Gasteiger charge is -2.33. The molecular weight excluding hydrogens is 693 g/mol. The van der Waals surface area contributed by atoms with Gasteiger partial charge in [0.15, 0.2) is 0 Å². The van der Waals surface area contributed by atoms with E-state index in [2.05, 4.69) is 44.5 Å². The van der Waals surface area contributed by atoms with Crippen molar-refractivity contribution in [1.82, 2.24) is 9.80 Å². The van der Waals surface area contributed by atoms with E-state index in [-0.39, 0.29) is 11.9 Å². The average Bonchev–Trinajstić information content (AvgIpc) is 3.20. The van der Waals surface area contributed by atoms with E-state index < -0.39 is 0 Å². The van der Waals surface area contributed by atoms with Crippen LogP contribution in [0.5, 0.6) is 0 Å². The monoisotopic (exact) mass is 791 g/mol. The molecule has 0 amide bonds. The molecule has 0 bridgehead atoms. The minimum Gasteiger partial charge on any atom is -0.466 e. The third kappa shape index (κ3) is 32.8. The van der Waals surface area contributed by atoms with Gasteiger partial charge >= 0.3 is 11.9 Å². The summed E-state index contributed by atoms with van der Waals surface area (Å²) in [5.74, 6) is 2.00. The summed E-state index contributed by atoms with van der Waals surface area (Å²) in [5, 5.41) is 0. The fraction of sp³-hybridized carbons (Fsp3) is 0.960. The van der Waals surface area contributed by atoms with Gasteiger partial charge in [0.1, 0.15) is 0 Å². The van der Waals surface area contributed by atoms with Gasteiger partial charge < -0.3 is 19.3 Å². The largest absolute Gasteiger partial charge is 0.466 e. The number of carbonyl (C=O) groups excluding carboxylic acids is 2. The second-order valence-corrected chi connectivity index (χ2v) is 18.2. The number of carbonyl (C=O) groups is 2. The molecule has 0 aromatic heterocycles. The molecule has 0 aliphatic carbocycles. The van der Waals surface area contributed by atoms with Crippen molar-refractivity contribution in [2.24, 2.45) is 17.8 Å². The number of piperazine rings is 1. The van der Waals surface area contributed by atoms with Gasteiger partial charge in [0.25, 0.3) is 0 Å². The molecular formula is C50H98N2O4. The smallest absolute Gasteiger partial charge is 0.306 e. The lowest BCUT2D eigenvalue weighted by Crippen LogP contribution is -2.44. The molecule has 0 saturated carbocycles. The van der Waals surface area contributed by atoms with Crippen LogP contribution in [0.15, 0.2) is 0 Å². The van der Waals surface area contributed by atoms with Gasteiger partial charge in [0.05, 0.1) is 13.2 Å². The SMILES string of the molecule is CCCCC(CCCC)CC(=O)OCCCCCCCCCCC(CCCCCCCCCCOC(=O)CC(CCCC)CCCC)CCN1CCN(C)CC1. The zero-order valence-corrected chi connectivity index (χ0v) is 38.5. The summed E-state index contributed by atoms with van der Waals surface area (Å²) >= 11 is 0. The Bertz CT molecular complexity index is 788. The summed E-state index contributed by atoms with van der Waals surface area (Å²) in [7, 11) is 2.26. The van der Waals surface area contributed by atoms with E-state index in [1.807, 2.05) is 0 Å². The van der Waals surface area contributed by atoms with Gasteiger partial charge in [-0.3, -0.25) is 9.59 Å². The fourth-order valence-corrected chi connectivity index (χ4v) is 8.69. The van der Waals surface area contributed by atoms with Crippen molar-refractivity contribution in [2.45, 2.75) is 240 Å². The van der Waals surface area contributed by atoms with Gasteiger partial charge in [0, 0.05) is 39.0 Å². The van der Waals surface area contributed by atoms with Crippen LogP contribution in [0, 0.1) is 17.8 Å². The minimum absolute atomic E-state index is 0.0341. The number of hydrogen-bond donors (Lipinski definition) is 0. The first kappa shape index (κ1) is 52.9. The first-order valence-electron chi connectivity index (χ1n) is 25.1. The Hall–Kier alpha value is -1.14. The maximum Gasteiger partial charge on any atom is 0.306 e. The highest BCUT2D eigenvalue weighted by Crippen LogP contribution is 2.24. The van der Waals surface area contributed by atoms with E-state index in [9.17, 15) is 9.59 Å². The van der Waals surface area contributed by atoms with Gasteiger partial charge in [-0.2, -0.15) is 0 Å². The van der Waals surface area contributed by atoms with Crippen LogP contribution < -0.4 is 0 Å². The number of esters is 2. The summed E-state index contributed by atoms with van der Waals surface area (Å²) < 4.78 is 11.2. The lowest BCUT2D eigenvalue weighted by molar-refractivity contribution is -0.146. The van der Waals surface area contributed by atoms with E-state index in [4.69, 9.17) is 9.47 Å². The molecule has 0 atom stereocenters. The third-order valence-electron chi connectivity index (χ3n) is 12.8. The van der Waals surface area contributed by atoms with Crippen LogP contribution in [0.3, 0.4) is 0 Å². The molecule has 332 valence electrons. The van der Waals surface area contributed by atoms with Gasteiger partial charge in [-0.25, -0.2) is 0 Å². The van der Waals surface area contributed by atoms with Crippen molar-refractivity contribution < 1.29 is 19.1 Å². The molecule has 6 heteroatoms. The molecule has 0 radical (unpaired) electrons. The topological polar surface area (TPSA) is 59.1 Å². The number of unbranched alkanes of at least 4 members (excludes halogenated alkanes) is 18. The Morgan fingerprint density at radius 1 is 0.411 bits per heavy atom. The van der Waals surface area contributed by atoms with E-state index in [0.717, 1.165) is 18.8 Å². The minimum atomic E-state index is 0.0341. The van der Waals surface area contributed by atoms with Crippen molar-refractivity contribution in [1.29, 1.82) is 0 Å². The van der Waals surface area contributed by atoms with E-state index in [1.54, 1.807) is 0 Å². The highest BCUT2D eigenvalue weighted by Gasteiger charge is 2.17. The summed E-state index contributed by atoms with van der Waals surface area (Å²) in [6, 6.07) is 0. The number of nitrogens with zero attached hydrogens (tertiary/aromatic N) is 2. The molecule has 1 aliphatic rings. The highest BCUT2D eigenvalue weighted by molar-refractivity contribution is 5.70. The Labute approximate surface area is 350 Å². The highest BCUT2D eigenvalue weighted by atomic mass is 16.5. The van der Waals surface area contributed by atoms with Crippen molar-refractivity contribution in [3.05, 3.63) is 0 Å². The molecule has 1 fully saturated rings. The van der Waals surface area contributed by atoms with E-state index in [0.29, 0.717) is 37.9 Å². The predicted molar refractivity (Wildman–Crippen MR) is 241 cm³/mol. The number of hydrogen-bond acceptors (Lipinski definition) is 6. The lowest BCUT2D eigenvalue weighted by atomic mass is 9.91. The van der Waals surface area contributed by atoms with Crippen molar-refractivity contribution in [2.75, 3.05) is 53.0 Å². The Morgan fingerprint density at radius 3 is 1.09 bits per heavy atom. The van der Waals surface area contributed by atoms with Gasteiger partial charge in [-0.05, 0) is 76.3 Å². The predicted octanol–water partition coefficient (Wildman–Crippen LogP) is 14.1. The number of rotatable bonds is 41. The van der Waals surface area contributed by atoms with E-state index >= 15 is 0 Å². The third-order valence-corrected chi connectivity index (χ3v) is 12.8. The molecule has 0 unspecified atom stereocenters. The van der Waals surface area contributed by atoms with Crippen LogP contribution in [0.1, 0.15) is 240 Å². The van der Waals surface area contributed by atoms with Gasteiger partial charge in [-0.1, -0.05) is 182 Å². The first-order valence-corrected chi connectivity index (χ1v) is 25.1. The first-order chi connectivity index (χ1) is 27.4. The zero-order chi connectivity index (χ0) is 40.7. The Morgan fingerprint density at radius 2 is 0.732 bits per heavy atom. The molecule has 6 nitrogen and oxygen atoms in total. The fourth-order valence-electron chi connectivity index (χ4n) is 8.69. The second kappa shape index (κ2) is 39.3. The van der Waals surface area contributed by atoms with Crippen LogP contribution in [0.25, 0.3) is 0 Å². The van der Waals surface area contributed by atoms with Crippen LogP contribution in [-0.4, -0.2) is 74.7 Å². The summed E-state index contributed by atoms with van der Waals surface area (Å²) in [6.45, 7) is 16.4. The normalized spacial score (nSPS) is 14.1. The van der Waals surface area contributed by atoms with Crippen molar-refractivity contribution in [3.8, 4) is 0 Å². The van der Waals surface area contributed by atoms with Crippen LogP contribution in [0.2, 0.25) is 0 Å². The Kier molecular flexibility index (Phi) is 37.1. The number of ether oxygens (including phenoxy) is 2. The summed E-state index contributed by atoms with van der Waals surface area (Å²) in [5.41, 5.74) is 0. The summed E-state index contributed by atoms with van der Waals surface area (Å²) in [6.07, 6.45) is 40.5. The molecule has 1 heterocycles. The van der Waals surface area contributed by atoms with Crippen LogP contribution in [0.4, 0.5) is 0 Å². The van der Waals surface area contributed by atoms with Crippen molar-refractivity contribution >= 4 is 11.9 Å². The van der Waals surface area contributed by atoms with Crippen LogP contribution >= 0.6 is 0 Å². The van der Waals surface area contributed by atoms with Crippen molar-refractivity contribution in [3.63, 3.8) is 0 Å². The molecule has 1 aliphatic heterocycles. The molecule has 0 N–H and O–H groups in total. The van der Waals surface area contributed by atoms with Gasteiger partial charge in [0.2, 0.25) is 0 Å². The Balaban J connectivity index is 2.15. The van der Waals surface area contributed by atoms with Gasteiger partial charge in [-0.15, -0.1) is 0 Å². The second-order valence-electron chi connectivity index (χ2n) is 18.2. The molecule has 0 spiro atoms. The van der Waals surface area contributed by atoms with Crippen LogP contribution in [-0.2, 0) is 19.1 Å². The molecule has 1 rings (SSSR count). The zero-order valence-electron chi connectivity index (χ0n) is 38.5.